The Labute approximate surface area is 148 Å². The fraction of sp³-hybridized carbons (Fsp3) is 0.389. The van der Waals surface area contributed by atoms with E-state index in [1.165, 1.54) is 10.6 Å². The van der Waals surface area contributed by atoms with Crippen LogP contribution in [0.3, 0.4) is 0 Å². The second kappa shape index (κ2) is 8.20. The Morgan fingerprint density at radius 3 is 2.40 bits per heavy atom. The number of nitrogens with one attached hydrogen (secondary N) is 1. The van der Waals surface area contributed by atoms with Crippen molar-refractivity contribution in [2.75, 3.05) is 17.1 Å². The molecule has 0 aliphatic carbocycles. The van der Waals surface area contributed by atoms with Gasteiger partial charge in [-0.25, -0.2) is 8.42 Å². The van der Waals surface area contributed by atoms with Crippen molar-refractivity contribution in [2.45, 2.75) is 32.7 Å². The smallest absolute Gasteiger partial charge is 0.232 e. The first-order valence-corrected chi connectivity index (χ1v) is 9.99. The minimum absolute atomic E-state index is 0.0692. The van der Waals surface area contributed by atoms with E-state index in [0.29, 0.717) is 17.4 Å². The predicted molar refractivity (Wildman–Crippen MR) is 97.9 cm³/mol. The molecule has 7 heteroatoms. The van der Waals surface area contributed by atoms with Gasteiger partial charge < -0.3 is 9.73 Å². The zero-order chi connectivity index (χ0) is 18.4. The minimum atomic E-state index is -3.47. The lowest BCUT2D eigenvalue weighted by molar-refractivity contribution is -0.121. The molecular weight excluding hydrogens is 340 g/mol. The van der Waals surface area contributed by atoms with Gasteiger partial charge in [0.15, 0.2) is 0 Å². The number of hydrogen-bond donors (Lipinski definition) is 1. The maximum Gasteiger partial charge on any atom is 0.232 e. The molecular formula is C18H24N2O4S. The van der Waals surface area contributed by atoms with E-state index < -0.39 is 10.0 Å². The Hall–Kier alpha value is -2.28. The lowest BCUT2D eigenvalue weighted by Gasteiger charge is -2.22. The number of carbonyl (C=O) groups excluding carboxylic acids is 1. The third-order valence-corrected chi connectivity index (χ3v) is 5.02. The summed E-state index contributed by atoms with van der Waals surface area (Å²) in [5.74, 6) is 0.787. The van der Waals surface area contributed by atoms with Crippen molar-refractivity contribution < 1.29 is 17.6 Å². The summed E-state index contributed by atoms with van der Waals surface area (Å²) in [5, 5.41) is 2.71. The summed E-state index contributed by atoms with van der Waals surface area (Å²) in [7, 11) is -3.47. The van der Waals surface area contributed by atoms with Crippen molar-refractivity contribution in [3.05, 3.63) is 54.0 Å². The maximum absolute atomic E-state index is 12.1. The van der Waals surface area contributed by atoms with Crippen LogP contribution in [0.5, 0.6) is 0 Å². The zero-order valence-corrected chi connectivity index (χ0v) is 15.5. The van der Waals surface area contributed by atoms with E-state index in [-0.39, 0.29) is 25.4 Å². The Bertz CT molecular complexity index is 781. The first-order valence-electron chi connectivity index (χ1n) is 8.14. The number of benzene rings is 1. The summed E-state index contributed by atoms with van der Waals surface area (Å²) in [6, 6.07) is 10.9. The molecule has 0 aliphatic rings. The van der Waals surface area contributed by atoms with Crippen molar-refractivity contribution in [3.63, 3.8) is 0 Å². The van der Waals surface area contributed by atoms with Crippen LogP contribution in [0, 0.1) is 0 Å². The molecule has 0 atom stereocenters. The standard InChI is InChI=1S/C18H24N2O4S/c1-14(2)15-6-8-16(9-7-15)20(25(3,22)23)11-10-18(21)19-13-17-5-4-12-24-17/h4-9,12,14H,10-11,13H2,1-3H3,(H,19,21). The second-order valence-corrected chi connectivity index (χ2v) is 8.09. The van der Waals surface area contributed by atoms with Crippen LogP contribution in [0.15, 0.2) is 47.1 Å². The van der Waals surface area contributed by atoms with Gasteiger partial charge in [-0.05, 0) is 35.7 Å². The van der Waals surface area contributed by atoms with Gasteiger partial charge in [0.2, 0.25) is 15.9 Å². The molecule has 1 N–H and O–H groups in total. The van der Waals surface area contributed by atoms with Crippen LogP contribution in [0.4, 0.5) is 5.69 Å². The molecule has 0 bridgehead atoms. The fourth-order valence-corrected chi connectivity index (χ4v) is 3.33. The molecule has 0 radical (unpaired) electrons. The van der Waals surface area contributed by atoms with Gasteiger partial charge in [0.25, 0.3) is 0 Å². The zero-order valence-electron chi connectivity index (χ0n) is 14.7. The van der Waals surface area contributed by atoms with Gasteiger partial charge in [0.1, 0.15) is 5.76 Å². The highest BCUT2D eigenvalue weighted by atomic mass is 32.2. The van der Waals surface area contributed by atoms with Gasteiger partial charge in [0, 0.05) is 13.0 Å². The number of carbonyl (C=O) groups is 1. The minimum Gasteiger partial charge on any atom is -0.467 e. The van der Waals surface area contributed by atoms with Crippen LogP contribution in [0.1, 0.15) is 37.5 Å². The van der Waals surface area contributed by atoms with Gasteiger partial charge in [-0.2, -0.15) is 0 Å². The molecule has 0 unspecified atom stereocenters. The third kappa shape index (κ3) is 5.63. The molecule has 25 heavy (non-hydrogen) atoms. The molecule has 6 nitrogen and oxygen atoms in total. The highest BCUT2D eigenvalue weighted by Crippen LogP contribution is 2.22. The summed E-state index contributed by atoms with van der Waals surface area (Å²) in [4.78, 5) is 12.0. The quantitative estimate of drug-likeness (QED) is 0.781. The number of amides is 1. The van der Waals surface area contributed by atoms with Gasteiger partial charge in [-0.15, -0.1) is 0 Å². The van der Waals surface area contributed by atoms with Gasteiger partial charge in [-0.1, -0.05) is 26.0 Å². The molecule has 2 aromatic rings. The molecule has 0 aliphatic heterocycles. The highest BCUT2D eigenvalue weighted by Gasteiger charge is 2.18. The molecule has 2 rings (SSSR count). The lowest BCUT2D eigenvalue weighted by Crippen LogP contribution is -2.34. The Morgan fingerprint density at radius 1 is 1.20 bits per heavy atom. The van der Waals surface area contributed by atoms with Crippen LogP contribution < -0.4 is 9.62 Å². The van der Waals surface area contributed by atoms with Crippen molar-refractivity contribution in [1.82, 2.24) is 5.32 Å². The molecule has 1 heterocycles. The summed E-state index contributed by atoms with van der Waals surface area (Å²) in [6.07, 6.45) is 2.75. The molecule has 1 amide bonds. The van der Waals surface area contributed by atoms with Crippen LogP contribution >= 0.6 is 0 Å². The second-order valence-electron chi connectivity index (χ2n) is 6.19. The molecule has 0 saturated heterocycles. The Morgan fingerprint density at radius 2 is 1.88 bits per heavy atom. The predicted octanol–water partition coefficient (Wildman–Crippen LogP) is 2.88. The van der Waals surface area contributed by atoms with Gasteiger partial charge in [-0.3, -0.25) is 9.10 Å². The number of furan rings is 1. The van der Waals surface area contributed by atoms with E-state index in [1.54, 1.807) is 24.3 Å². The summed E-state index contributed by atoms with van der Waals surface area (Å²) in [6.45, 7) is 4.52. The van der Waals surface area contributed by atoms with Crippen LogP contribution in [-0.2, 0) is 21.4 Å². The topological polar surface area (TPSA) is 79.6 Å². The van der Waals surface area contributed by atoms with Crippen molar-refractivity contribution >= 4 is 21.6 Å². The SMILES string of the molecule is CC(C)c1ccc(N(CCC(=O)NCc2ccco2)S(C)(=O)=O)cc1. The summed E-state index contributed by atoms with van der Waals surface area (Å²) in [5.41, 5.74) is 1.69. The van der Waals surface area contributed by atoms with E-state index in [4.69, 9.17) is 4.42 Å². The van der Waals surface area contributed by atoms with Crippen molar-refractivity contribution in [3.8, 4) is 0 Å². The van der Waals surface area contributed by atoms with Crippen molar-refractivity contribution in [1.29, 1.82) is 0 Å². The number of sulfonamides is 1. The van der Waals surface area contributed by atoms with E-state index >= 15 is 0 Å². The van der Waals surface area contributed by atoms with E-state index in [2.05, 4.69) is 19.2 Å². The normalized spacial score (nSPS) is 11.5. The van der Waals surface area contributed by atoms with E-state index in [9.17, 15) is 13.2 Å². The molecule has 1 aromatic carbocycles. The molecule has 1 aromatic heterocycles. The maximum atomic E-state index is 12.1. The summed E-state index contributed by atoms with van der Waals surface area (Å²) < 4.78 is 30.6. The number of rotatable bonds is 8. The number of anilines is 1. The van der Waals surface area contributed by atoms with Crippen LogP contribution in [0.25, 0.3) is 0 Å². The average Bonchev–Trinajstić information content (AvgIpc) is 3.05. The monoisotopic (exact) mass is 364 g/mol. The molecule has 0 fully saturated rings. The van der Waals surface area contributed by atoms with Gasteiger partial charge >= 0.3 is 0 Å². The number of hydrogen-bond acceptors (Lipinski definition) is 4. The first-order chi connectivity index (χ1) is 11.8. The Balaban J connectivity index is 1.99. The lowest BCUT2D eigenvalue weighted by atomic mass is 10.0. The summed E-state index contributed by atoms with van der Waals surface area (Å²) >= 11 is 0. The average molecular weight is 364 g/mol. The fourth-order valence-electron chi connectivity index (χ4n) is 2.40. The number of nitrogens with zero attached hydrogens (tertiary/aromatic N) is 1. The molecule has 0 spiro atoms. The Kier molecular flexibility index (Phi) is 6.25. The largest absolute Gasteiger partial charge is 0.467 e. The van der Waals surface area contributed by atoms with Crippen molar-refractivity contribution in [2.24, 2.45) is 0 Å². The third-order valence-electron chi connectivity index (χ3n) is 3.83. The van der Waals surface area contributed by atoms with Crippen LogP contribution in [0.2, 0.25) is 0 Å². The molecule has 136 valence electrons. The van der Waals surface area contributed by atoms with Gasteiger partial charge in [0.05, 0.1) is 24.8 Å². The van der Waals surface area contributed by atoms with E-state index in [0.717, 1.165) is 11.8 Å². The van der Waals surface area contributed by atoms with E-state index in [1.807, 2.05) is 12.1 Å². The first kappa shape index (κ1) is 19.1. The highest BCUT2D eigenvalue weighted by molar-refractivity contribution is 7.92. The molecule has 0 saturated carbocycles. The van der Waals surface area contributed by atoms with Crippen LogP contribution in [-0.4, -0.2) is 27.1 Å².